The molecule has 0 aliphatic heterocycles. The van der Waals surface area contributed by atoms with E-state index in [1.54, 1.807) is 20.8 Å². The van der Waals surface area contributed by atoms with Crippen LogP contribution in [0.15, 0.2) is 12.3 Å². The van der Waals surface area contributed by atoms with Crippen LogP contribution in [0.4, 0.5) is 0 Å². The second kappa shape index (κ2) is 4.37. The normalized spacial score (nSPS) is 11.3. The number of carbonyl (C=O) groups is 1. The molecule has 0 spiro atoms. The highest BCUT2D eigenvalue weighted by Gasteiger charge is 2.21. The minimum atomic E-state index is -0.568. The minimum absolute atomic E-state index is 0.0796. The monoisotopic (exact) mass is 247 g/mol. The number of hydrogen-bond donors (Lipinski definition) is 0. The van der Waals surface area contributed by atoms with Crippen molar-refractivity contribution in [2.75, 3.05) is 0 Å². The lowest BCUT2D eigenvalue weighted by Gasteiger charge is -2.19. The summed E-state index contributed by atoms with van der Waals surface area (Å²) in [4.78, 5) is 15.4. The minimum Gasteiger partial charge on any atom is -0.455 e. The third-order valence-electron chi connectivity index (χ3n) is 1.40. The van der Waals surface area contributed by atoms with Gasteiger partial charge in [0.15, 0.2) is 5.69 Å². The molecule has 0 fully saturated rings. The molecule has 1 aromatic heterocycles. The Bertz CT molecular complexity index is 385. The van der Waals surface area contributed by atoms with Crippen LogP contribution in [-0.2, 0) is 4.74 Å². The smallest absolute Gasteiger partial charge is 0.359 e. The Balaban J connectivity index is 2.92. The Hall–Kier alpha value is -0.800. The second-order valence-electron chi connectivity index (χ2n) is 3.99. The molecule has 0 saturated heterocycles. The Morgan fingerprint density at radius 3 is 2.47 bits per heavy atom. The van der Waals surface area contributed by atoms with Gasteiger partial charge < -0.3 is 4.74 Å². The number of pyridine rings is 1. The van der Waals surface area contributed by atoms with Crippen LogP contribution in [0.3, 0.4) is 0 Å². The Morgan fingerprint density at radius 2 is 2.00 bits per heavy atom. The van der Waals surface area contributed by atoms with Gasteiger partial charge in [-0.3, -0.25) is 0 Å². The second-order valence-corrected chi connectivity index (χ2v) is 4.83. The van der Waals surface area contributed by atoms with E-state index in [1.165, 1.54) is 12.3 Å². The van der Waals surface area contributed by atoms with Gasteiger partial charge in [-0.2, -0.15) is 0 Å². The van der Waals surface area contributed by atoms with Gasteiger partial charge >= 0.3 is 5.97 Å². The van der Waals surface area contributed by atoms with Crippen molar-refractivity contribution >= 4 is 29.2 Å². The molecule has 1 rings (SSSR count). The Morgan fingerprint density at radius 1 is 1.40 bits per heavy atom. The van der Waals surface area contributed by atoms with Crippen LogP contribution >= 0.6 is 23.2 Å². The SMILES string of the molecule is CC(C)(C)OC(=O)c1ncc(Cl)cc1Cl. The molecule has 5 heteroatoms. The van der Waals surface area contributed by atoms with E-state index in [-0.39, 0.29) is 10.7 Å². The summed E-state index contributed by atoms with van der Waals surface area (Å²) in [6.07, 6.45) is 1.35. The number of rotatable bonds is 1. The highest BCUT2D eigenvalue weighted by molar-refractivity contribution is 6.36. The predicted molar refractivity (Wildman–Crippen MR) is 59.4 cm³/mol. The van der Waals surface area contributed by atoms with Crippen LogP contribution in [0.5, 0.6) is 0 Å². The van der Waals surface area contributed by atoms with Crippen molar-refractivity contribution in [3.05, 3.63) is 28.0 Å². The van der Waals surface area contributed by atoms with Crippen molar-refractivity contribution in [1.82, 2.24) is 4.98 Å². The average Bonchev–Trinajstić information content (AvgIpc) is 1.99. The van der Waals surface area contributed by atoms with E-state index in [0.717, 1.165) is 0 Å². The molecule has 82 valence electrons. The Kier molecular flexibility index (Phi) is 3.58. The fourth-order valence-electron chi connectivity index (χ4n) is 0.891. The average molecular weight is 248 g/mol. The first-order valence-electron chi connectivity index (χ1n) is 4.34. The first-order valence-corrected chi connectivity index (χ1v) is 5.09. The lowest BCUT2D eigenvalue weighted by molar-refractivity contribution is 0.00631. The van der Waals surface area contributed by atoms with Gasteiger partial charge in [0.1, 0.15) is 5.60 Å². The number of ether oxygens (including phenoxy) is 1. The van der Waals surface area contributed by atoms with Gasteiger partial charge in [0.05, 0.1) is 10.0 Å². The molecular weight excluding hydrogens is 237 g/mol. The summed E-state index contributed by atoms with van der Waals surface area (Å²) in [7, 11) is 0. The van der Waals surface area contributed by atoms with E-state index < -0.39 is 11.6 Å². The van der Waals surface area contributed by atoms with Gasteiger partial charge in [0.2, 0.25) is 0 Å². The topological polar surface area (TPSA) is 39.2 Å². The number of carbonyl (C=O) groups excluding carboxylic acids is 1. The molecule has 0 radical (unpaired) electrons. The fourth-order valence-corrected chi connectivity index (χ4v) is 1.35. The molecule has 0 aromatic carbocycles. The van der Waals surface area contributed by atoms with Crippen molar-refractivity contribution in [3.63, 3.8) is 0 Å². The molecule has 0 atom stereocenters. The van der Waals surface area contributed by atoms with E-state index >= 15 is 0 Å². The van der Waals surface area contributed by atoms with Crippen LogP contribution in [0, 0.1) is 0 Å². The van der Waals surface area contributed by atoms with E-state index in [4.69, 9.17) is 27.9 Å². The van der Waals surface area contributed by atoms with Crippen molar-refractivity contribution in [3.8, 4) is 0 Å². The highest BCUT2D eigenvalue weighted by atomic mass is 35.5. The highest BCUT2D eigenvalue weighted by Crippen LogP contribution is 2.20. The standard InChI is InChI=1S/C10H11Cl2NO2/c1-10(2,3)15-9(14)8-7(12)4-6(11)5-13-8/h4-5H,1-3H3. The molecule has 3 nitrogen and oxygen atoms in total. The van der Waals surface area contributed by atoms with Crippen LogP contribution in [-0.4, -0.2) is 16.6 Å². The summed E-state index contributed by atoms with van der Waals surface area (Å²) in [5.41, 5.74) is -0.488. The number of aromatic nitrogens is 1. The van der Waals surface area contributed by atoms with Gasteiger partial charge in [-0.15, -0.1) is 0 Å². The van der Waals surface area contributed by atoms with Crippen LogP contribution < -0.4 is 0 Å². The van der Waals surface area contributed by atoms with Gasteiger partial charge in [-0.05, 0) is 26.8 Å². The first kappa shape index (κ1) is 12.3. The third-order valence-corrected chi connectivity index (χ3v) is 1.89. The lowest BCUT2D eigenvalue weighted by atomic mass is 10.2. The van der Waals surface area contributed by atoms with E-state index in [1.807, 2.05) is 0 Å². The van der Waals surface area contributed by atoms with Crippen LogP contribution in [0.25, 0.3) is 0 Å². The maximum atomic E-state index is 11.6. The Labute approximate surface area is 98.4 Å². The fraction of sp³-hybridized carbons (Fsp3) is 0.400. The summed E-state index contributed by atoms with van der Waals surface area (Å²) in [6, 6.07) is 1.45. The molecule has 15 heavy (non-hydrogen) atoms. The molecule has 0 aliphatic carbocycles. The van der Waals surface area contributed by atoms with Gasteiger partial charge in [-0.25, -0.2) is 9.78 Å². The number of halogens is 2. The van der Waals surface area contributed by atoms with E-state index in [0.29, 0.717) is 5.02 Å². The maximum absolute atomic E-state index is 11.6. The van der Waals surface area contributed by atoms with Gasteiger partial charge in [0, 0.05) is 6.20 Å². The van der Waals surface area contributed by atoms with Crippen LogP contribution in [0.2, 0.25) is 10.0 Å². The number of esters is 1. The van der Waals surface area contributed by atoms with Crippen LogP contribution in [0.1, 0.15) is 31.3 Å². The van der Waals surface area contributed by atoms with Crippen molar-refractivity contribution in [2.45, 2.75) is 26.4 Å². The molecule has 0 aliphatic rings. The molecule has 0 amide bonds. The van der Waals surface area contributed by atoms with Crippen molar-refractivity contribution < 1.29 is 9.53 Å². The van der Waals surface area contributed by atoms with E-state index in [9.17, 15) is 4.79 Å². The summed E-state index contributed by atoms with van der Waals surface area (Å²) < 4.78 is 5.12. The molecule has 1 heterocycles. The number of hydrogen-bond acceptors (Lipinski definition) is 3. The predicted octanol–water partition coefficient (Wildman–Crippen LogP) is 3.34. The first-order chi connectivity index (χ1) is 6.79. The van der Waals surface area contributed by atoms with Crippen molar-refractivity contribution in [1.29, 1.82) is 0 Å². The molecule has 1 aromatic rings. The van der Waals surface area contributed by atoms with Gasteiger partial charge in [0.25, 0.3) is 0 Å². The molecule has 0 unspecified atom stereocenters. The van der Waals surface area contributed by atoms with Crippen molar-refractivity contribution in [2.24, 2.45) is 0 Å². The summed E-state index contributed by atoms with van der Waals surface area (Å²) in [5, 5.41) is 0.573. The maximum Gasteiger partial charge on any atom is 0.359 e. The van der Waals surface area contributed by atoms with Gasteiger partial charge in [-0.1, -0.05) is 23.2 Å². The molecule has 0 N–H and O–H groups in total. The molecule has 0 bridgehead atoms. The zero-order valence-corrected chi connectivity index (χ0v) is 10.2. The quantitative estimate of drug-likeness (QED) is 0.715. The molecule has 0 saturated carbocycles. The molecular formula is C10H11Cl2NO2. The largest absolute Gasteiger partial charge is 0.455 e. The summed E-state index contributed by atoms with van der Waals surface area (Å²) in [5.74, 6) is -0.552. The summed E-state index contributed by atoms with van der Waals surface area (Å²) in [6.45, 7) is 5.32. The van der Waals surface area contributed by atoms with E-state index in [2.05, 4.69) is 4.98 Å². The zero-order chi connectivity index (χ0) is 11.6. The third kappa shape index (κ3) is 3.68. The number of nitrogens with zero attached hydrogens (tertiary/aromatic N) is 1. The summed E-state index contributed by atoms with van der Waals surface area (Å²) >= 11 is 11.5. The zero-order valence-electron chi connectivity index (χ0n) is 8.67. The lowest BCUT2D eigenvalue weighted by Crippen LogP contribution is -2.24.